The number of hydrogen-bond donors (Lipinski definition) is 3. The number of carbonyl (C=O) groups is 2. The number of nitrogens with one attached hydrogen (secondary N) is 2. The first-order valence-electron chi connectivity index (χ1n) is 10.8. The van der Waals surface area contributed by atoms with Crippen LogP contribution in [0, 0.1) is 5.92 Å². The van der Waals surface area contributed by atoms with E-state index in [2.05, 4.69) is 35.3 Å². The fourth-order valence-corrected chi connectivity index (χ4v) is 4.76. The predicted molar refractivity (Wildman–Crippen MR) is 116 cm³/mol. The van der Waals surface area contributed by atoms with Crippen LogP contribution < -0.4 is 10.8 Å². The zero-order valence-electron chi connectivity index (χ0n) is 17.4. The Balaban J connectivity index is 1.52. The molecule has 2 atom stereocenters. The summed E-state index contributed by atoms with van der Waals surface area (Å²) in [4.78, 5) is 26.8. The van der Waals surface area contributed by atoms with Crippen molar-refractivity contribution in [2.75, 3.05) is 18.4 Å². The fraction of sp³-hybridized carbons (Fsp3) is 0.417. The summed E-state index contributed by atoms with van der Waals surface area (Å²) in [5.74, 6) is -0.449. The van der Waals surface area contributed by atoms with Gasteiger partial charge >= 0.3 is 0 Å². The molecule has 158 valence electrons. The van der Waals surface area contributed by atoms with E-state index in [1.807, 2.05) is 24.3 Å². The first kappa shape index (κ1) is 20.6. The highest BCUT2D eigenvalue weighted by Gasteiger charge is 2.29. The van der Waals surface area contributed by atoms with Gasteiger partial charge in [0.1, 0.15) is 0 Å². The molecule has 0 bridgehead atoms. The summed E-state index contributed by atoms with van der Waals surface area (Å²) in [5, 5.41) is 12.0. The van der Waals surface area contributed by atoms with E-state index in [1.165, 1.54) is 5.56 Å². The Labute approximate surface area is 177 Å². The lowest BCUT2D eigenvalue weighted by atomic mass is 9.82. The van der Waals surface area contributed by atoms with Crippen molar-refractivity contribution in [3.05, 3.63) is 53.6 Å². The first-order valence-corrected chi connectivity index (χ1v) is 10.8. The molecule has 30 heavy (non-hydrogen) atoms. The zero-order valence-corrected chi connectivity index (χ0v) is 17.4. The van der Waals surface area contributed by atoms with Crippen LogP contribution in [0.1, 0.15) is 37.3 Å². The van der Waals surface area contributed by atoms with Crippen LogP contribution in [0.15, 0.2) is 42.5 Å². The molecule has 3 N–H and O–H groups in total. The highest BCUT2D eigenvalue weighted by Crippen LogP contribution is 2.31. The minimum absolute atomic E-state index is 0.0444. The Hall–Kier alpha value is -2.70. The Morgan fingerprint density at radius 3 is 2.70 bits per heavy atom. The number of aryl methyl sites for hydroxylation is 1. The van der Waals surface area contributed by atoms with Crippen LogP contribution in [0.25, 0.3) is 11.1 Å². The van der Waals surface area contributed by atoms with Crippen LogP contribution in [0.2, 0.25) is 0 Å². The van der Waals surface area contributed by atoms with Gasteiger partial charge < -0.3 is 5.32 Å². The third kappa shape index (κ3) is 4.25. The van der Waals surface area contributed by atoms with Gasteiger partial charge in [0, 0.05) is 11.6 Å². The summed E-state index contributed by atoms with van der Waals surface area (Å²) in [7, 11) is 0. The van der Waals surface area contributed by atoms with E-state index >= 15 is 0 Å². The predicted octanol–water partition coefficient (Wildman–Crippen LogP) is 3.39. The number of amides is 2. The van der Waals surface area contributed by atoms with Crippen molar-refractivity contribution in [2.45, 2.75) is 45.1 Å². The van der Waals surface area contributed by atoms with Crippen molar-refractivity contribution in [3.63, 3.8) is 0 Å². The smallest absolute Gasteiger partial charge is 0.246 e. The average molecular weight is 408 g/mol. The van der Waals surface area contributed by atoms with Gasteiger partial charge in [0.2, 0.25) is 11.8 Å². The SMILES string of the molecule is CCN1CCCC1C(=O)Nc1cccc(-c2ccc3c(c2)CC(C(=O)NO)CC3)c1. The number of benzene rings is 2. The molecule has 2 aliphatic rings. The molecule has 0 spiro atoms. The summed E-state index contributed by atoms with van der Waals surface area (Å²) >= 11 is 0. The molecular weight excluding hydrogens is 378 g/mol. The summed E-state index contributed by atoms with van der Waals surface area (Å²) < 4.78 is 0. The average Bonchev–Trinajstić information content (AvgIpc) is 3.27. The first-order chi connectivity index (χ1) is 14.6. The highest BCUT2D eigenvalue weighted by atomic mass is 16.5. The Morgan fingerprint density at radius 1 is 1.07 bits per heavy atom. The number of anilines is 1. The fourth-order valence-electron chi connectivity index (χ4n) is 4.76. The summed E-state index contributed by atoms with van der Waals surface area (Å²) in [6.07, 6.45) is 4.18. The van der Waals surface area contributed by atoms with Gasteiger partial charge in [0.05, 0.1) is 6.04 Å². The molecule has 0 saturated carbocycles. The van der Waals surface area contributed by atoms with Gasteiger partial charge in [-0.25, -0.2) is 5.48 Å². The molecule has 2 unspecified atom stereocenters. The lowest BCUT2D eigenvalue weighted by Gasteiger charge is -2.24. The van der Waals surface area contributed by atoms with Crippen LogP contribution in [0.3, 0.4) is 0 Å². The molecule has 1 aliphatic carbocycles. The number of hydrogen-bond acceptors (Lipinski definition) is 4. The van der Waals surface area contributed by atoms with Crippen molar-refractivity contribution in [1.82, 2.24) is 10.4 Å². The minimum Gasteiger partial charge on any atom is -0.325 e. The Morgan fingerprint density at radius 2 is 1.90 bits per heavy atom. The highest BCUT2D eigenvalue weighted by molar-refractivity contribution is 5.95. The molecule has 1 fully saturated rings. The number of nitrogens with zero attached hydrogens (tertiary/aromatic N) is 1. The molecule has 2 aromatic carbocycles. The number of likely N-dealkylation sites (N-methyl/N-ethyl adjacent to an activating group) is 1. The molecule has 6 heteroatoms. The van der Waals surface area contributed by atoms with E-state index in [-0.39, 0.29) is 23.8 Å². The Kier molecular flexibility index (Phi) is 6.16. The number of carbonyl (C=O) groups excluding carboxylic acids is 2. The molecule has 1 saturated heterocycles. The van der Waals surface area contributed by atoms with Crippen molar-refractivity contribution in [3.8, 4) is 11.1 Å². The maximum Gasteiger partial charge on any atom is 0.246 e. The zero-order chi connectivity index (χ0) is 21.1. The van der Waals surface area contributed by atoms with E-state index in [4.69, 9.17) is 5.21 Å². The van der Waals surface area contributed by atoms with Crippen LogP contribution in [-0.2, 0) is 22.4 Å². The third-order valence-corrected chi connectivity index (χ3v) is 6.45. The number of rotatable bonds is 5. The summed E-state index contributed by atoms with van der Waals surface area (Å²) in [6.45, 7) is 3.97. The normalized spacial score (nSPS) is 21.1. The summed E-state index contributed by atoms with van der Waals surface area (Å²) in [5.41, 5.74) is 7.08. The Bertz CT molecular complexity index is 943. The van der Waals surface area contributed by atoms with Gasteiger partial charge in [-0.3, -0.25) is 19.7 Å². The second-order valence-corrected chi connectivity index (χ2v) is 8.26. The van der Waals surface area contributed by atoms with Gasteiger partial charge in [0.15, 0.2) is 0 Å². The quantitative estimate of drug-likeness (QED) is 0.524. The second-order valence-electron chi connectivity index (χ2n) is 8.26. The number of fused-ring (bicyclic) bond motifs is 1. The van der Waals surface area contributed by atoms with Crippen molar-refractivity contribution in [2.24, 2.45) is 5.92 Å². The van der Waals surface area contributed by atoms with Crippen LogP contribution in [-0.4, -0.2) is 41.1 Å². The lowest BCUT2D eigenvalue weighted by Crippen LogP contribution is -2.39. The maximum atomic E-state index is 12.7. The topological polar surface area (TPSA) is 81.7 Å². The number of hydroxylamine groups is 1. The molecule has 2 aromatic rings. The molecular formula is C24H29N3O3. The third-order valence-electron chi connectivity index (χ3n) is 6.45. The molecule has 0 radical (unpaired) electrons. The number of likely N-dealkylation sites (tertiary alicyclic amines) is 1. The monoisotopic (exact) mass is 407 g/mol. The molecule has 1 heterocycles. The lowest BCUT2D eigenvalue weighted by molar-refractivity contribution is -0.133. The molecule has 1 aliphatic heterocycles. The van der Waals surface area contributed by atoms with Gasteiger partial charge in [-0.05, 0) is 79.6 Å². The van der Waals surface area contributed by atoms with Gasteiger partial charge in [-0.15, -0.1) is 0 Å². The molecule has 6 nitrogen and oxygen atoms in total. The van der Waals surface area contributed by atoms with E-state index in [1.54, 1.807) is 5.48 Å². The largest absolute Gasteiger partial charge is 0.325 e. The second kappa shape index (κ2) is 8.98. The van der Waals surface area contributed by atoms with Crippen molar-refractivity contribution < 1.29 is 14.8 Å². The molecule has 2 amide bonds. The van der Waals surface area contributed by atoms with E-state index in [0.717, 1.165) is 61.2 Å². The van der Waals surface area contributed by atoms with E-state index in [9.17, 15) is 9.59 Å². The van der Waals surface area contributed by atoms with E-state index in [0.29, 0.717) is 6.42 Å². The standard InChI is InChI=1S/C24H29N3O3/c1-2-27-12-4-7-22(27)24(29)25-21-6-3-5-17(15-21)18-10-8-16-9-11-19(23(28)26-30)14-20(16)13-18/h3,5-6,8,10,13,15,19,22,30H,2,4,7,9,11-12,14H2,1H3,(H,25,29)(H,26,28). The van der Waals surface area contributed by atoms with Crippen LogP contribution >= 0.6 is 0 Å². The van der Waals surface area contributed by atoms with Gasteiger partial charge in [0.25, 0.3) is 0 Å². The summed E-state index contributed by atoms with van der Waals surface area (Å²) in [6, 6.07) is 14.2. The molecule has 0 aromatic heterocycles. The minimum atomic E-state index is -0.316. The van der Waals surface area contributed by atoms with Gasteiger partial charge in [-0.1, -0.05) is 37.3 Å². The van der Waals surface area contributed by atoms with Crippen LogP contribution in [0.4, 0.5) is 5.69 Å². The van der Waals surface area contributed by atoms with Crippen LogP contribution in [0.5, 0.6) is 0 Å². The van der Waals surface area contributed by atoms with Gasteiger partial charge in [-0.2, -0.15) is 0 Å². The van der Waals surface area contributed by atoms with Crippen molar-refractivity contribution >= 4 is 17.5 Å². The maximum absolute atomic E-state index is 12.7. The molecule has 4 rings (SSSR count). The van der Waals surface area contributed by atoms with Crippen molar-refractivity contribution in [1.29, 1.82) is 0 Å². The van der Waals surface area contributed by atoms with E-state index < -0.39 is 0 Å².